The zero-order valence-electron chi connectivity index (χ0n) is 13.6. The van der Waals surface area contributed by atoms with E-state index in [2.05, 4.69) is 13.0 Å². The second-order valence-corrected chi connectivity index (χ2v) is 6.04. The van der Waals surface area contributed by atoms with Gasteiger partial charge in [0.1, 0.15) is 0 Å². The smallest absolute Gasteiger partial charge is 0.201 e. The number of hydrogen-bond donors (Lipinski definition) is 0. The summed E-state index contributed by atoms with van der Waals surface area (Å²) >= 11 is 0. The summed E-state index contributed by atoms with van der Waals surface area (Å²) in [5, 5.41) is 0. The quantitative estimate of drug-likeness (QED) is 0.551. The molecule has 0 N–H and O–H groups in total. The maximum atomic E-state index is 14.2. The average Bonchev–Trinajstić information content (AvgIpc) is 2.53. The summed E-state index contributed by atoms with van der Waals surface area (Å²) in [5.74, 6) is -0.949. The highest BCUT2D eigenvalue weighted by atomic mass is 19.2. The van der Waals surface area contributed by atoms with Crippen molar-refractivity contribution in [1.82, 2.24) is 0 Å². The summed E-state index contributed by atoms with van der Waals surface area (Å²) in [6.07, 6.45) is 10.0. The van der Waals surface area contributed by atoms with Gasteiger partial charge in [0.05, 0.1) is 6.61 Å². The molecular formula is C19H26F2O. The first kappa shape index (κ1) is 17.0. The maximum absolute atomic E-state index is 14.2. The molecule has 1 nitrogen and oxygen atoms in total. The van der Waals surface area contributed by atoms with Crippen molar-refractivity contribution in [2.45, 2.75) is 58.8 Å². The van der Waals surface area contributed by atoms with E-state index in [1.807, 2.05) is 0 Å². The van der Waals surface area contributed by atoms with Crippen LogP contribution in [0.5, 0.6) is 5.75 Å². The first-order chi connectivity index (χ1) is 10.7. The molecule has 3 heteroatoms. The summed E-state index contributed by atoms with van der Waals surface area (Å²) in [6, 6.07) is 3.18. The maximum Gasteiger partial charge on any atom is 0.201 e. The van der Waals surface area contributed by atoms with Crippen LogP contribution in [-0.4, -0.2) is 6.61 Å². The molecule has 122 valence electrons. The summed E-state index contributed by atoms with van der Waals surface area (Å²) in [6.45, 7) is 4.30. The van der Waals surface area contributed by atoms with Crippen LogP contribution in [0.1, 0.15) is 64.4 Å². The Hall–Kier alpha value is -1.38. The fourth-order valence-electron chi connectivity index (χ4n) is 3.13. The Bertz CT molecular complexity index is 522. The molecule has 1 atom stereocenters. The summed E-state index contributed by atoms with van der Waals surface area (Å²) in [4.78, 5) is 0. The zero-order chi connectivity index (χ0) is 15.9. The van der Waals surface area contributed by atoms with Crippen LogP contribution >= 0.6 is 0 Å². The lowest BCUT2D eigenvalue weighted by molar-refractivity contribution is 0.314. The van der Waals surface area contributed by atoms with Crippen molar-refractivity contribution >= 4 is 5.57 Å². The van der Waals surface area contributed by atoms with Gasteiger partial charge in [-0.05, 0) is 49.8 Å². The highest BCUT2D eigenvalue weighted by Crippen LogP contribution is 2.35. The molecule has 1 aliphatic carbocycles. The van der Waals surface area contributed by atoms with Crippen molar-refractivity contribution in [3.63, 3.8) is 0 Å². The highest BCUT2D eigenvalue weighted by molar-refractivity contribution is 5.67. The van der Waals surface area contributed by atoms with E-state index in [0.717, 1.165) is 24.8 Å². The molecule has 0 aliphatic heterocycles. The van der Waals surface area contributed by atoms with Gasteiger partial charge < -0.3 is 4.74 Å². The Labute approximate surface area is 132 Å². The SMILES string of the molecule is CCCCCC1CC=C(c2ccc(OCC)c(F)c2F)CC1. The van der Waals surface area contributed by atoms with Crippen LogP contribution < -0.4 is 4.74 Å². The molecule has 0 fully saturated rings. The van der Waals surface area contributed by atoms with Gasteiger partial charge in [-0.3, -0.25) is 0 Å². The normalized spacial score (nSPS) is 18.2. The lowest BCUT2D eigenvalue weighted by atomic mass is 9.83. The third kappa shape index (κ3) is 4.08. The molecule has 2 rings (SSSR count). The standard InChI is InChI=1S/C19H26F2O/c1-3-5-6-7-14-8-10-15(11-9-14)16-12-13-17(22-4-2)19(21)18(16)20/h10,12-14H,3-9,11H2,1-2H3. The molecule has 0 aromatic heterocycles. The van der Waals surface area contributed by atoms with E-state index in [1.54, 1.807) is 13.0 Å². The minimum Gasteiger partial charge on any atom is -0.491 e. The predicted octanol–water partition coefficient (Wildman–Crippen LogP) is 6.13. The van der Waals surface area contributed by atoms with Gasteiger partial charge in [0, 0.05) is 5.56 Å². The second-order valence-electron chi connectivity index (χ2n) is 6.04. The Kier molecular flexibility index (Phi) is 6.41. The van der Waals surface area contributed by atoms with Gasteiger partial charge in [-0.15, -0.1) is 0 Å². The molecule has 1 unspecified atom stereocenters. The van der Waals surface area contributed by atoms with Gasteiger partial charge in [0.15, 0.2) is 11.6 Å². The van der Waals surface area contributed by atoms with E-state index >= 15 is 0 Å². The average molecular weight is 308 g/mol. The first-order valence-corrected chi connectivity index (χ1v) is 8.47. The van der Waals surface area contributed by atoms with Crippen LogP contribution in [-0.2, 0) is 0 Å². The van der Waals surface area contributed by atoms with Crippen LogP contribution in [0.15, 0.2) is 18.2 Å². The van der Waals surface area contributed by atoms with E-state index in [1.165, 1.54) is 31.7 Å². The van der Waals surface area contributed by atoms with Crippen LogP contribution in [0.3, 0.4) is 0 Å². The molecule has 22 heavy (non-hydrogen) atoms. The van der Waals surface area contributed by atoms with Crippen LogP contribution in [0.4, 0.5) is 8.78 Å². The molecule has 0 saturated carbocycles. The van der Waals surface area contributed by atoms with E-state index in [4.69, 9.17) is 4.74 Å². The van der Waals surface area contributed by atoms with E-state index in [9.17, 15) is 8.78 Å². The lowest BCUT2D eigenvalue weighted by Crippen LogP contribution is -2.07. The Morgan fingerprint density at radius 2 is 1.95 bits per heavy atom. The fourth-order valence-corrected chi connectivity index (χ4v) is 3.13. The van der Waals surface area contributed by atoms with Gasteiger partial charge in [0.25, 0.3) is 0 Å². The lowest BCUT2D eigenvalue weighted by Gasteiger charge is -2.22. The molecule has 1 aromatic carbocycles. The molecule has 0 bridgehead atoms. The first-order valence-electron chi connectivity index (χ1n) is 8.47. The molecule has 0 heterocycles. The van der Waals surface area contributed by atoms with Crippen LogP contribution in [0.2, 0.25) is 0 Å². The molecule has 0 saturated heterocycles. The van der Waals surface area contributed by atoms with Crippen molar-refractivity contribution in [1.29, 1.82) is 0 Å². The number of rotatable bonds is 7. The topological polar surface area (TPSA) is 9.23 Å². The van der Waals surface area contributed by atoms with Gasteiger partial charge in [-0.2, -0.15) is 4.39 Å². The van der Waals surface area contributed by atoms with Gasteiger partial charge in [-0.25, -0.2) is 4.39 Å². The van der Waals surface area contributed by atoms with Gasteiger partial charge >= 0.3 is 0 Å². The second kappa shape index (κ2) is 8.30. The van der Waals surface area contributed by atoms with E-state index in [0.29, 0.717) is 18.1 Å². The third-order valence-corrected chi connectivity index (χ3v) is 4.43. The number of allylic oxidation sites excluding steroid dienone is 2. The Morgan fingerprint density at radius 3 is 2.59 bits per heavy atom. The number of unbranched alkanes of at least 4 members (excludes halogenated alkanes) is 2. The molecule has 0 amide bonds. The number of halogens is 2. The van der Waals surface area contributed by atoms with Crippen molar-refractivity contribution in [3.05, 3.63) is 35.4 Å². The molecule has 0 radical (unpaired) electrons. The molecule has 0 spiro atoms. The molecular weight excluding hydrogens is 282 g/mol. The van der Waals surface area contributed by atoms with Crippen molar-refractivity contribution in [2.75, 3.05) is 6.61 Å². The minimum atomic E-state index is -0.870. The highest BCUT2D eigenvalue weighted by Gasteiger charge is 2.20. The van der Waals surface area contributed by atoms with E-state index in [-0.39, 0.29) is 5.75 Å². The van der Waals surface area contributed by atoms with Gasteiger partial charge in [0.2, 0.25) is 5.82 Å². The predicted molar refractivity (Wildman–Crippen MR) is 87.0 cm³/mol. The monoisotopic (exact) mass is 308 g/mol. The zero-order valence-corrected chi connectivity index (χ0v) is 13.6. The molecule has 1 aromatic rings. The van der Waals surface area contributed by atoms with Crippen LogP contribution in [0.25, 0.3) is 5.57 Å². The van der Waals surface area contributed by atoms with Gasteiger partial charge in [-0.1, -0.05) is 38.7 Å². The van der Waals surface area contributed by atoms with Crippen LogP contribution in [0, 0.1) is 17.6 Å². The summed E-state index contributed by atoms with van der Waals surface area (Å²) < 4.78 is 33.3. The van der Waals surface area contributed by atoms with E-state index < -0.39 is 11.6 Å². The number of hydrogen-bond acceptors (Lipinski definition) is 1. The summed E-state index contributed by atoms with van der Waals surface area (Å²) in [5.41, 5.74) is 1.33. The van der Waals surface area contributed by atoms with Crippen molar-refractivity contribution in [2.24, 2.45) is 5.92 Å². The molecule has 1 aliphatic rings. The Morgan fingerprint density at radius 1 is 1.14 bits per heavy atom. The number of ether oxygens (including phenoxy) is 1. The number of benzene rings is 1. The Balaban J connectivity index is 2.05. The summed E-state index contributed by atoms with van der Waals surface area (Å²) in [7, 11) is 0. The largest absolute Gasteiger partial charge is 0.491 e. The third-order valence-electron chi connectivity index (χ3n) is 4.43. The van der Waals surface area contributed by atoms with Crippen molar-refractivity contribution in [3.8, 4) is 5.75 Å². The van der Waals surface area contributed by atoms with Crippen molar-refractivity contribution < 1.29 is 13.5 Å². The fraction of sp³-hybridized carbons (Fsp3) is 0.579. The minimum absolute atomic E-state index is 0.00222.